The van der Waals surface area contributed by atoms with Crippen molar-refractivity contribution in [3.63, 3.8) is 0 Å². The molecule has 1 aromatic rings. The number of nitrogens with two attached hydrogens (primary N) is 1. The highest BCUT2D eigenvalue weighted by molar-refractivity contribution is 5.72. The molecule has 0 amide bonds. The first-order valence-corrected chi connectivity index (χ1v) is 4.49. The number of anilines is 1. The van der Waals surface area contributed by atoms with Gasteiger partial charge in [0.05, 0.1) is 23.4 Å². The Balaban J connectivity index is 3.43. The number of aromatic nitrogens is 1. The second-order valence-electron chi connectivity index (χ2n) is 3.32. The lowest BCUT2D eigenvalue weighted by Gasteiger charge is -2.14. The highest BCUT2D eigenvalue weighted by atomic mass is 19.4. The predicted octanol–water partition coefficient (Wildman–Crippen LogP) is 2.25. The number of carboxylic acid groups (broad SMARTS) is 1. The first-order valence-electron chi connectivity index (χ1n) is 4.49. The Labute approximate surface area is 97.2 Å². The second kappa shape index (κ2) is 4.75. The third-order valence-electron chi connectivity index (χ3n) is 2.01. The second-order valence-corrected chi connectivity index (χ2v) is 3.32. The number of nitrogens with zero attached hydrogens (tertiary/aromatic N) is 1. The van der Waals surface area contributed by atoms with E-state index in [9.17, 15) is 26.7 Å². The van der Waals surface area contributed by atoms with Gasteiger partial charge < -0.3 is 10.8 Å². The van der Waals surface area contributed by atoms with Crippen LogP contribution in [0.3, 0.4) is 0 Å². The summed E-state index contributed by atoms with van der Waals surface area (Å²) in [6.07, 6.45) is -9.17. The minimum Gasteiger partial charge on any atom is -0.481 e. The van der Waals surface area contributed by atoms with Gasteiger partial charge in [-0.2, -0.15) is 13.2 Å². The molecular weight excluding hydrogens is 263 g/mol. The lowest BCUT2D eigenvalue weighted by atomic mass is 10.1. The van der Waals surface area contributed by atoms with Crippen LogP contribution in [0.5, 0.6) is 0 Å². The van der Waals surface area contributed by atoms with E-state index in [1.807, 2.05) is 0 Å². The summed E-state index contributed by atoms with van der Waals surface area (Å²) in [6.45, 7) is 0. The van der Waals surface area contributed by atoms with E-state index in [0.29, 0.717) is 0 Å². The Bertz CT molecular complexity index is 473. The van der Waals surface area contributed by atoms with E-state index in [1.54, 1.807) is 0 Å². The summed E-state index contributed by atoms with van der Waals surface area (Å²) >= 11 is 0. The summed E-state index contributed by atoms with van der Waals surface area (Å²) < 4.78 is 62.3. The molecule has 0 radical (unpaired) electrons. The van der Waals surface area contributed by atoms with E-state index in [-0.39, 0.29) is 6.07 Å². The minimum atomic E-state index is -4.95. The monoisotopic (exact) mass is 270 g/mol. The maximum atomic E-state index is 12.5. The van der Waals surface area contributed by atoms with Gasteiger partial charge in [-0.25, -0.2) is 13.8 Å². The van der Waals surface area contributed by atoms with E-state index in [4.69, 9.17) is 10.8 Å². The molecule has 1 rings (SSSR count). The van der Waals surface area contributed by atoms with E-state index in [1.165, 1.54) is 0 Å². The van der Waals surface area contributed by atoms with E-state index in [0.717, 1.165) is 0 Å². The molecule has 0 spiro atoms. The van der Waals surface area contributed by atoms with Crippen molar-refractivity contribution < 1.29 is 31.9 Å². The molecule has 1 aromatic heterocycles. The zero-order valence-corrected chi connectivity index (χ0v) is 8.63. The zero-order valence-electron chi connectivity index (χ0n) is 8.63. The van der Waals surface area contributed by atoms with E-state index < -0.39 is 47.6 Å². The van der Waals surface area contributed by atoms with Gasteiger partial charge in [-0.1, -0.05) is 0 Å². The standard InChI is InChI=1S/C9H7F5N2O2/c10-8(11)5-1-3(9(12,13)14)7(15)4(16-5)2-6(17)18/h1,8H,2,15H2,(H,17,18). The molecule has 0 aliphatic rings. The van der Waals surface area contributed by atoms with Crippen molar-refractivity contribution in [3.8, 4) is 0 Å². The van der Waals surface area contributed by atoms with E-state index >= 15 is 0 Å². The average molecular weight is 270 g/mol. The average Bonchev–Trinajstić information content (AvgIpc) is 2.18. The minimum absolute atomic E-state index is 0.116. The van der Waals surface area contributed by atoms with Gasteiger partial charge in [-0.3, -0.25) is 4.79 Å². The van der Waals surface area contributed by atoms with Gasteiger partial charge in [0.25, 0.3) is 6.43 Å². The Kier molecular flexibility index (Phi) is 3.73. The number of hydrogen-bond acceptors (Lipinski definition) is 3. The Hall–Kier alpha value is -1.93. The van der Waals surface area contributed by atoms with Crippen LogP contribution < -0.4 is 5.73 Å². The smallest absolute Gasteiger partial charge is 0.418 e. The van der Waals surface area contributed by atoms with Crippen molar-refractivity contribution in [1.29, 1.82) is 0 Å². The van der Waals surface area contributed by atoms with E-state index in [2.05, 4.69) is 4.98 Å². The molecule has 0 aliphatic heterocycles. The molecule has 0 unspecified atom stereocenters. The molecule has 0 atom stereocenters. The van der Waals surface area contributed by atoms with Gasteiger partial charge in [0.15, 0.2) is 0 Å². The Morgan fingerprint density at radius 1 is 1.44 bits per heavy atom. The number of pyridine rings is 1. The van der Waals surface area contributed by atoms with Crippen LogP contribution in [0.4, 0.5) is 27.6 Å². The van der Waals surface area contributed by atoms with Crippen LogP contribution in [0.2, 0.25) is 0 Å². The normalized spacial score (nSPS) is 11.9. The molecule has 4 nitrogen and oxygen atoms in total. The molecule has 3 N–H and O–H groups in total. The predicted molar refractivity (Wildman–Crippen MR) is 49.9 cm³/mol. The Morgan fingerprint density at radius 3 is 2.39 bits per heavy atom. The molecule has 9 heteroatoms. The summed E-state index contributed by atoms with van der Waals surface area (Å²) in [4.78, 5) is 13.5. The van der Waals surface area contributed by atoms with Crippen LogP contribution in [0.15, 0.2) is 6.07 Å². The molecule has 1 heterocycles. The molecule has 0 fully saturated rings. The van der Waals surface area contributed by atoms with Gasteiger partial charge in [-0.15, -0.1) is 0 Å². The number of carboxylic acids is 1. The van der Waals surface area contributed by atoms with Crippen LogP contribution in [0.1, 0.15) is 23.4 Å². The fourth-order valence-corrected chi connectivity index (χ4v) is 1.25. The highest BCUT2D eigenvalue weighted by Crippen LogP contribution is 2.36. The number of aliphatic carboxylic acids is 1. The lowest BCUT2D eigenvalue weighted by molar-refractivity contribution is -0.138. The maximum absolute atomic E-state index is 12.5. The summed E-state index contributed by atoms with van der Waals surface area (Å²) in [7, 11) is 0. The van der Waals surface area contributed by atoms with Crippen LogP contribution in [-0.4, -0.2) is 16.1 Å². The first-order chi connectivity index (χ1) is 8.12. The van der Waals surface area contributed by atoms with Crippen molar-refractivity contribution in [2.75, 3.05) is 5.73 Å². The topological polar surface area (TPSA) is 76.2 Å². The molecule has 0 aromatic carbocycles. The van der Waals surface area contributed by atoms with Crippen molar-refractivity contribution in [1.82, 2.24) is 4.98 Å². The maximum Gasteiger partial charge on any atom is 0.418 e. The first kappa shape index (κ1) is 14.1. The number of alkyl halides is 5. The lowest BCUT2D eigenvalue weighted by Crippen LogP contribution is -2.16. The van der Waals surface area contributed by atoms with Gasteiger partial charge in [0.2, 0.25) is 0 Å². The summed E-state index contributed by atoms with van der Waals surface area (Å²) in [5.41, 5.74) is 0.748. The largest absolute Gasteiger partial charge is 0.481 e. The number of halogens is 5. The quantitative estimate of drug-likeness (QED) is 0.826. The fourth-order valence-electron chi connectivity index (χ4n) is 1.25. The molecule has 0 bridgehead atoms. The third kappa shape index (κ3) is 3.05. The van der Waals surface area contributed by atoms with Crippen LogP contribution in [0, 0.1) is 0 Å². The van der Waals surface area contributed by atoms with Gasteiger partial charge in [0, 0.05) is 0 Å². The Morgan fingerprint density at radius 2 is 2.00 bits per heavy atom. The van der Waals surface area contributed by atoms with Crippen molar-refractivity contribution >= 4 is 11.7 Å². The van der Waals surface area contributed by atoms with Gasteiger partial charge in [-0.05, 0) is 6.07 Å². The van der Waals surface area contributed by atoms with Crippen LogP contribution in [0.25, 0.3) is 0 Å². The SMILES string of the molecule is Nc1c(C(F)(F)F)cc(C(F)F)nc1CC(=O)O. The molecular formula is C9H7F5N2O2. The fraction of sp³-hybridized carbons (Fsp3) is 0.333. The third-order valence-corrected chi connectivity index (χ3v) is 2.01. The number of nitrogen functional groups attached to an aromatic ring is 1. The van der Waals surface area contributed by atoms with Crippen molar-refractivity contribution in [3.05, 3.63) is 23.0 Å². The molecule has 0 aliphatic carbocycles. The molecule has 100 valence electrons. The summed E-state index contributed by atoms with van der Waals surface area (Å²) in [6, 6.07) is 0.116. The molecule has 0 saturated carbocycles. The highest BCUT2D eigenvalue weighted by Gasteiger charge is 2.36. The molecule has 0 saturated heterocycles. The number of rotatable bonds is 3. The zero-order chi connectivity index (χ0) is 14.1. The van der Waals surface area contributed by atoms with Crippen LogP contribution in [-0.2, 0) is 17.4 Å². The van der Waals surface area contributed by atoms with Gasteiger partial charge >= 0.3 is 12.1 Å². The van der Waals surface area contributed by atoms with Crippen LogP contribution >= 0.6 is 0 Å². The number of carbonyl (C=O) groups is 1. The van der Waals surface area contributed by atoms with Crippen molar-refractivity contribution in [2.45, 2.75) is 19.0 Å². The summed E-state index contributed by atoms with van der Waals surface area (Å²) in [5, 5.41) is 8.45. The van der Waals surface area contributed by atoms with Crippen molar-refractivity contribution in [2.24, 2.45) is 0 Å². The number of hydrogen-bond donors (Lipinski definition) is 2. The van der Waals surface area contributed by atoms with Gasteiger partial charge in [0.1, 0.15) is 5.69 Å². The molecule has 18 heavy (non-hydrogen) atoms. The summed E-state index contributed by atoms with van der Waals surface area (Å²) in [5.74, 6) is -1.52.